The molecule has 0 aliphatic rings. The lowest BCUT2D eigenvalue weighted by molar-refractivity contribution is 0.478. The SMILES string of the molecule is Oc1cc2ccccc2cc1-c1nccc2cccc(Br)c12. The Balaban J connectivity index is 2.09. The van der Waals surface area contributed by atoms with Crippen LogP contribution in [0.15, 0.2) is 71.3 Å². The van der Waals surface area contributed by atoms with E-state index in [4.69, 9.17) is 0 Å². The Bertz CT molecular complexity index is 1010. The van der Waals surface area contributed by atoms with Crippen molar-refractivity contribution in [3.05, 3.63) is 71.3 Å². The van der Waals surface area contributed by atoms with Crippen LogP contribution in [-0.2, 0) is 0 Å². The highest BCUT2D eigenvalue weighted by Crippen LogP contribution is 2.38. The van der Waals surface area contributed by atoms with Crippen LogP contribution in [0, 0.1) is 0 Å². The number of hydrogen-bond donors (Lipinski definition) is 1. The molecule has 4 aromatic rings. The predicted molar refractivity (Wildman–Crippen MR) is 94.0 cm³/mol. The van der Waals surface area contributed by atoms with Crippen LogP contribution in [0.25, 0.3) is 32.8 Å². The van der Waals surface area contributed by atoms with Crippen LogP contribution < -0.4 is 0 Å². The molecule has 0 atom stereocenters. The lowest BCUT2D eigenvalue weighted by Gasteiger charge is -2.10. The number of hydrogen-bond acceptors (Lipinski definition) is 2. The van der Waals surface area contributed by atoms with Crippen molar-refractivity contribution in [3.63, 3.8) is 0 Å². The van der Waals surface area contributed by atoms with Gasteiger partial charge in [-0.3, -0.25) is 4.98 Å². The van der Waals surface area contributed by atoms with Crippen molar-refractivity contribution in [2.45, 2.75) is 0 Å². The number of pyridine rings is 1. The minimum Gasteiger partial charge on any atom is -0.507 e. The quantitative estimate of drug-likeness (QED) is 0.490. The molecule has 0 saturated heterocycles. The summed E-state index contributed by atoms with van der Waals surface area (Å²) in [6.45, 7) is 0. The zero-order valence-corrected chi connectivity index (χ0v) is 13.2. The molecule has 106 valence electrons. The molecule has 0 spiro atoms. The number of rotatable bonds is 1. The fourth-order valence-electron chi connectivity index (χ4n) is 2.81. The molecular weight excluding hydrogens is 338 g/mol. The van der Waals surface area contributed by atoms with E-state index in [9.17, 15) is 5.11 Å². The Hall–Kier alpha value is -2.39. The minimum atomic E-state index is 0.245. The number of phenols is 1. The molecule has 4 rings (SSSR count). The second kappa shape index (κ2) is 5.11. The normalized spacial score (nSPS) is 11.1. The summed E-state index contributed by atoms with van der Waals surface area (Å²) in [5, 5.41) is 14.7. The average Bonchev–Trinajstić information content (AvgIpc) is 2.54. The molecule has 2 nitrogen and oxygen atoms in total. The van der Waals surface area contributed by atoms with Crippen molar-refractivity contribution in [2.75, 3.05) is 0 Å². The maximum Gasteiger partial charge on any atom is 0.125 e. The highest BCUT2D eigenvalue weighted by Gasteiger charge is 2.13. The Morgan fingerprint density at radius 3 is 2.36 bits per heavy atom. The number of fused-ring (bicyclic) bond motifs is 2. The van der Waals surface area contributed by atoms with Gasteiger partial charge in [-0.25, -0.2) is 0 Å². The Morgan fingerprint density at radius 2 is 1.55 bits per heavy atom. The lowest BCUT2D eigenvalue weighted by atomic mass is 10.00. The molecule has 3 heteroatoms. The van der Waals surface area contributed by atoms with Gasteiger partial charge in [0.2, 0.25) is 0 Å². The van der Waals surface area contributed by atoms with Crippen molar-refractivity contribution < 1.29 is 5.11 Å². The standard InChI is InChI=1S/C19H12BrNO/c20-16-7-3-6-12-8-9-21-19(18(12)16)15-10-13-4-1-2-5-14(13)11-17(15)22/h1-11,22H. The van der Waals surface area contributed by atoms with Crippen molar-refractivity contribution in [1.29, 1.82) is 0 Å². The van der Waals surface area contributed by atoms with Crippen LogP contribution in [0.1, 0.15) is 0 Å². The number of aromatic hydroxyl groups is 1. The third-order valence-corrected chi connectivity index (χ3v) is 4.52. The molecule has 0 saturated carbocycles. The van der Waals surface area contributed by atoms with E-state index in [1.54, 1.807) is 12.3 Å². The Morgan fingerprint density at radius 1 is 0.818 bits per heavy atom. The van der Waals surface area contributed by atoms with Crippen molar-refractivity contribution in [2.24, 2.45) is 0 Å². The van der Waals surface area contributed by atoms with Gasteiger partial charge in [0.1, 0.15) is 5.75 Å². The van der Waals surface area contributed by atoms with Crippen molar-refractivity contribution in [1.82, 2.24) is 4.98 Å². The maximum absolute atomic E-state index is 10.5. The fraction of sp³-hybridized carbons (Fsp3) is 0. The first-order valence-corrected chi connectivity index (χ1v) is 7.79. The monoisotopic (exact) mass is 349 g/mol. The number of phenolic OH excluding ortho intramolecular Hbond substituents is 1. The average molecular weight is 350 g/mol. The number of aromatic nitrogens is 1. The van der Waals surface area contributed by atoms with Crippen LogP contribution in [0.2, 0.25) is 0 Å². The lowest BCUT2D eigenvalue weighted by Crippen LogP contribution is -1.88. The molecule has 0 aliphatic carbocycles. The Kier molecular flexibility index (Phi) is 3.09. The highest BCUT2D eigenvalue weighted by molar-refractivity contribution is 9.10. The molecule has 0 fully saturated rings. The van der Waals surface area contributed by atoms with E-state index in [1.165, 1.54) is 0 Å². The molecular formula is C19H12BrNO. The van der Waals surface area contributed by atoms with Gasteiger partial charge in [-0.2, -0.15) is 0 Å². The number of nitrogens with zero attached hydrogens (tertiary/aromatic N) is 1. The van der Waals surface area contributed by atoms with Crippen LogP contribution in [-0.4, -0.2) is 10.1 Å². The van der Waals surface area contributed by atoms with Crippen LogP contribution >= 0.6 is 15.9 Å². The summed E-state index contributed by atoms with van der Waals surface area (Å²) >= 11 is 3.60. The molecule has 0 aliphatic heterocycles. The number of halogens is 1. The van der Waals surface area contributed by atoms with Gasteiger partial charge in [0.25, 0.3) is 0 Å². The second-order valence-electron chi connectivity index (χ2n) is 5.21. The van der Waals surface area contributed by atoms with E-state index in [0.29, 0.717) is 0 Å². The molecule has 3 aromatic carbocycles. The molecule has 1 aromatic heterocycles. The molecule has 0 radical (unpaired) electrons. The highest BCUT2D eigenvalue weighted by atomic mass is 79.9. The van der Waals surface area contributed by atoms with E-state index in [0.717, 1.165) is 37.3 Å². The Labute approximate surface area is 136 Å². The van der Waals surface area contributed by atoms with Crippen LogP contribution in [0.3, 0.4) is 0 Å². The van der Waals surface area contributed by atoms with Gasteiger partial charge in [-0.15, -0.1) is 0 Å². The zero-order valence-electron chi connectivity index (χ0n) is 11.6. The van der Waals surface area contributed by atoms with Gasteiger partial charge in [0, 0.05) is 21.6 Å². The summed E-state index contributed by atoms with van der Waals surface area (Å²) in [6.07, 6.45) is 1.78. The van der Waals surface area contributed by atoms with Crippen molar-refractivity contribution >= 4 is 37.5 Å². The first-order valence-electron chi connectivity index (χ1n) is 6.99. The number of benzene rings is 3. The minimum absolute atomic E-state index is 0.245. The van der Waals surface area contributed by atoms with Gasteiger partial charge in [0.15, 0.2) is 0 Å². The molecule has 0 unspecified atom stereocenters. The zero-order chi connectivity index (χ0) is 15.1. The third-order valence-electron chi connectivity index (χ3n) is 3.86. The molecule has 1 heterocycles. The topological polar surface area (TPSA) is 33.1 Å². The molecule has 0 amide bonds. The smallest absolute Gasteiger partial charge is 0.125 e. The van der Waals surface area contributed by atoms with E-state index < -0.39 is 0 Å². The van der Waals surface area contributed by atoms with Gasteiger partial charge in [-0.1, -0.05) is 52.3 Å². The summed E-state index contributed by atoms with van der Waals surface area (Å²) in [5.41, 5.74) is 1.53. The van der Waals surface area contributed by atoms with Gasteiger partial charge in [0.05, 0.1) is 5.69 Å². The first-order chi connectivity index (χ1) is 10.7. The van der Waals surface area contributed by atoms with Gasteiger partial charge >= 0.3 is 0 Å². The second-order valence-corrected chi connectivity index (χ2v) is 6.07. The first kappa shape index (κ1) is 13.3. The van der Waals surface area contributed by atoms with Crippen molar-refractivity contribution in [3.8, 4) is 17.0 Å². The summed E-state index contributed by atoms with van der Waals surface area (Å²) in [7, 11) is 0. The third kappa shape index (κ3) is 2.06. The maximum atomic E-state index is 10.5. The van der Waals surface area contributed by atoms with E-state index in [2.05, 4.69) is 20.9 Å². The van der Waals surface area contributed by atoms with Gasteiger partial charge < -0.3 is 5.11 Å². The summed E-state index contributed by atoms with van der Waals surface area (Å²) in [4.78, 5) is 4.52. The molecule has 1 N–H and O–H groups in total. The summed E-state index contributed by atoms with van der Waals surface area (Å²) < 4.78 is 0.973. The van der Waals surface area contributed by atoms with Crippen LogP contribution in [0.4, 0.5) is 0 Å². The van der Waals surface area contributed by atoms with E-state index in [-0.39, 0.29) is 5.75 Å². The fourth-order valence-corrected chi connectivity index (χ4v) is 3.38. The van der Waals surface area contributed by atoms with E-state index >= 15 is 0 Å². The van der Waals surface area contributed by atoms with E-state index in [1.807, 2.05) is 54.6 Å². The summed E-state index contributed by atoms with van der Waals surface area (Å²) in [5.74, 6) is 0.245. The predicted octanol–water partition coefficient (Wildman–Crippen LogP) is 5.52. The summed E-state index contributed by atoms with van der Waals surface area (Å²) in [6, 6.07) is 19.8. The van der Waals surface area contributed by atoms with Gasteiger partial charge in [-0.05, 0) is 40.4 Å². The molecule has 0 bridgehead atoms. The van der Waals surface area contributed by atoms with Crippen LogP contribution in [0.5, 0.6) is 5.75 Å². The molecule has 22 heavy (non-hydrogen) atoms. The largest absolute Gasteiger partial charge is 0.507 e.